The standard InChI is InChI=1S/C19H25N7O/c1-4-10-26(13-17-20-9-11-25(17)3)19(27)21-15-8-6-7-14(12-15)18-22-16(5-2)23-24-18/h6-9,11-12H,4-5,10,13H2,1-3H3,(H,21,27)(H,22,23,24). The highest BCUT2D eigenvalue weighted by Crippen LogP contribution is 2.20. The van der Waals surface area contributed by atoms with Gasteiger partial charge in [-0.2, -0.15) is 5.10 Å². The molecule has 0 bridgehead atoms. The van der Waals surface area contributed by atoms with E-state index < -0.39 is 0 Å². The number of carbonyl (C=O) groups is 1. The van der Waals surface area contributed by atoms with E-state index in [0.29, 0.717) is 24.6 Å². The Morgan fingerprint density at radius 3 is 2.85 bits per heavy atom. The summed E-state index contributed by atoms with van der Waals surface area (Å²) in [4.78, 5) is 23.3. The fourth-order valence-electron chi connectivity index (χ4n) is 2.76. The molecule has 0 radical (unpaired) electrons. The Kier molecular flexibility index (Phi) is 5.85. The minimum atomic E-state index is -0.152. The second kappa shape index (κ2) is 8.48. The lowest BCUT2D eigenvalue weighted by Gasteiger charge is -2.22. The maximum Gasteiger partial charge on any atom is 0.322 e. The average Bonchev–Trinajstić information content (AvgIpc) is 3.31. The Morgan fingerprint density at radius 1 is 1.33 bits per heavy atom. The molecule has 2 heterocycles. The molecule has 27 heavy (non-hydrogen) atoms. The molecular weight excluding hydrogens is 342 g/mol. The van der Waals surface area contributed by atoms with E-state index in [9.17, 15) is 4.79 Å². The predicted molar refractivity (Wildman–Crippen MR) is 104 cm³/mol. The lowest BCUT2D eigenvalue weighted by molar-refractivity contribution is 0.207. The molecule has 0 unspecified atom stereocenters. The van der Waals surface area contributed by atoms with Gasteiger partial charge in [0, 0.05) is 43.7 Å². The number of benzene rings is 1. The summed E-state index contributed by atoms with van der Waals surface area (Å²) >= 11 is 0. The molecule has 8 heteroatoms. The summed E-state index contributed by atoms with van der Waals surface area (Å²) in [5.41, 5.74) is 1.57. The van der Waals surface area contributed by atoms with Gasteiger partial charge in [-0.05, 0) is 18.6 Å². The van der Waals surface area contributed by atoms with Crippen LogP contribution in [-0.4, -0.2) is 42.2 Å². The van der Waals surface area contributed by atoms with Gasteiger partial charge < -0.3 is 14.8 Å². The van der Waals surface area contributed by atoms with Crippen molar-refractivity contribution in [3.8, 4) is 11.4 Å². The summed E-state index contributed by atoms with van der Waals surface area (Å²) in [5, 5.41) is 10.1. The molecule has 0 fully saturated rings. The predicted octanol–water partition coefficient (Wildman–Crippen LogP) is 3.21. The van der Waals surface area contributed by atoms with Crippen LogP contribution in [-0.2, 0) is 20.0 Å². The molecule has 1 aromatic carbocycles. The van der Waals surface area contributed by atoms with Gasteiger partial charge in [0.1, 0.15) is 11.6 Å². The Bertz CT molecular complexity index is 899. The van der Waals surface area contributed by atoms with Crippen molar-refractivity contribution in [1.82, 2.24) is 29.6 Å². The number of imidazole rings is 1. The highest BCUT2D eigenvalue weighted by molar-refractivity contribution is 5.90. The first kappa shape index (κ1) is 18.6. The zero-order chi connectivity index (χ0) is 19.2. The Labute approximate surface area is 158 Å². The van der Waals surface area contributed by atoms with Crippen LogP contribution >= 0.6 is 0 Å². The number of aromatic nitrogens is 5. The molecule has 8 nitrogen and oxygen atoms in total. The van der Waals surface area contributed by atoms with Crippen molar-refractivity contribution in [3.05, 3.63) is 48.3 Å². The molecule has 2 N–H and O–H groups in total. The topological polar surface area (TPSA) is 91.7 Å². The number of hydrogen-bond acceptors (Lipinski definition) is 4. The third-order valence-electron chi connectivity index (χ3n) is 4.27. The van der Waals surface area contributed by atoms with E-state index in [4.69, 9.17) is 0 Å². The molecule has 0 spiro atoms. The van der Waals surface area contributed by atoms with Crippen molar-refractivity contribution in [2.75, 3.05) is 11.9 Å². The monoisotopic (exact) mass is 367 g/mol. The molecule has 0 aliphatic rings. The molecule has 2 amide bonds. The van der Waals surface area contributed by atoms with Gasteiger partial charge in [-0.1, -0.05) is 26.0 Å². The van der Waals surface area contributed by atoms with Gasteiger partial charge in [0.05, 0.1) is 6.54 Å². The lowest BCUT2D eigenvalue weighted by Crippen LogP contribution is -2.35. The molecule has 3 rings (SSSR count). The van der Waals surface area contributed by atoms with Gasteiger partial charge in [0.15, 0.2) is 5.82 Å². The zero-order valence-corrected chi connectivity index (χ0v) is 15.9. The number of H-pyrrole nitrogens is 1. The van der Waals surface area contributed by atoms with Gasteiger partial charge in [0.25, 0.3) is 0 Å². The number of hydrogen-bond donors (Lipinski definition) is 2. The van der Waals surface area contributed by atoms with Crippen LogP contribution in [0.2, 0.25) is 0 Å². The molecule has 3 aromatic rings. The minimum Gasteiger partial charge on any atom is -0.337 e. The van der Waals surface area contributed by atoms with Crippen LogP contribution in [0.15, 0.2) is 36.7 Å². The first-order valence-electron chi connectivity index (χ1n) is 9.14. The van der Waals surface area contributed by atoms with E-state index in [1.807, 2.05) is 55.9 Å². The normalized spacial score (nSPS) is 10.8. The molecule has 2 aromatic heterocycles. The van der Waals surface area contributed by atoms with Crippen molar-refractivity contribution < 1.29 is 4.79 Å². The Hall–Kier alpha value is -3.16. The lowest BCUT2D eigenvalue weighted by atomic mass is 10.2. The molecule has 0 atom stereocenters. The number of nitrogens with zero attached hydrogens (tertiary/aromatic N) is 5. The SMILES string of the molecule is CCCN(Cc1nccn1C)C(=O)Nc1cccc(-c2n[nH]c(CC)n2)c1. The van der Waals surface area contributed by atoms with Crippen LogP contribution in [0.4, 0.5) is 10.5 Å². The summed E-state index contributed by atoms with van der Waals surface area (Å²) in [6, 6.07) is 7.40. The molecule has 0 aliphatic heterocycles. The van der Waals surface area contributed by atoms with E-state index in [1.54, 1.807) is 11.1 Å². The first-order valence-corrected chi connectivity index (χ1v) is 9.14. The Morgan fingerprint density at radius 2 is 2.19 bits per heavy atom. The number of nitrogens with one attached hydrogen (secondary N) is 2. The average molecular weight is 367 g/mol. The van der Waals surface area contributed by atoms with Crippen molar-refractivity contribution in [1.29, 1.82) is 0 Å². The quantitative estimate of drug-likeness (QED) is 0.671. The van der Waals surface area contributed by atoms with Gasteiger partial charge in [-0.3, -0.25) is 5.10 Å². The highest BCUT2D eigenvalue weighted by Gasteiger charge is 2.16. The van der Waals surface area contributed by atoms with Crippen molar-refractivity contribution in [2.24, 2.45) is 7.05 Å². The van der Waals surface area contributed by atoms with E-state index in [1.165, 1.54) is 0 Å². The van der Waals surface area contributed by atoms with Gasteiger partial charge in [-0.25, -0.2) is 14.8 Å². The number of urea groups is 1. The molecular formula is C19H25N7O. The number of carbonyl (C=O) groups excluding carboxylic acids is 1. The van der Waals surface area contributed by atoms with Crippen LogP contribution in [0.3, 0.4) is 0 Å². The second-order valence-electron chi connectivity index (χ2n) is 6.35. The summed E-state index contributed by atoms with van der Waals surface area (Å²) < 4.78 is 1.92. The van der Waals surface area contributed by atoms with E-state index >= 15 is 0 Å². The summed E-state index contributed by atoms with van der Waals surface area (Å²) in [6.07, 6.45) is 5.28. The molecule has 0 aliphatic carbocycles. The van der Waals surface area contributed by atoms with E-state index in [2.05, 4.69) is 25.5 Å². The minimum absolute atomic E-state index is 0.152. The van der Waals surface area contributed by atoms with Crippen molar-refractivity contribution >= 4 is 11.7 Å². The van der Waals surface area contributed by atoms with E-state index in [0.717, 1.165) is 30.1 Å². The maximum absolute atomic E-state index is 12.8. The number of aryl methyl sites for hydroxylation is 2. The Balaban J connectivity index is 1.73. The third kappa shape index (κ3) is 4.52. The molecule has 0 saturated carbocycles. The van der Waals surface area contributed by atoms with Crippen LogP contribution in [0.25, 0.3) is 11.4 Å². The zero-order valence-electron chi connectivity index (χ0n) is 15.9. The fraction of sp³-hybridized carbons (Fsp3) is 0.368. The number of aromatic amines is 1. The van der Waals surface area contributed by atoms with Gasteiger partial charge in [-0.15, -0.1) is 0 Å². The van der Waals surface area contributed by atoms with Crippen LogP contribution < -0.4 is 5.32 Å². The van der Waals surface area contributed by atoms with Crippen LogP contribution in [0.1, 0.15) is 31.9 Å². The van der Waals surface area contributed by atoms with E-state index in [-0.39, 0.29) is 6.03 Å². The van der Waals surface area contributed by atoms with Crippen LogP contribution in [0.5, 0.6) is 0 Å². The highest BCUT2D eigenvalue weighted by atomic mass is 16.2. The number of anilines is 1. The summed E-state index contributed by atoms with van der Waals surface area (Å²) in [5.74, 6) is 2.31. The van der Waals surface area contributed by atoms with Crippen LogP contribution in [0, 0.1) is 0 Å². The summed E-state index contributed by atoms with van der Waals surface area (Å²) in [7, 11) is 1.93. The molecule has 0 saturated heterocycles. The number of rotatable bonds is 7. The largest absolute Gasteiger partial charge is 0.337 e. The van der Waals surface area contributed by atoms with Crippen molar-refractivity contribution in [2.45, 2.75) is 33.2 Å². The summed E-state index contributed by atoms with van der Waals surface area (Å²) in [6.45, 7) is 5.18. The molecule has 142 valence electrons. The number of amides is 2. The fourth-order valence-corrected chi connectivity index (χ4v) is 2.76. The van der Waals surface area contributed by atoms with Gasteiger partial charge >= 0.3 is 6.03 Å². The third-order valence-corrected chi connectivity index (χ3v) is 4.27. The van der Waals surface area contributed by atoms with Gasteiger partial charge in [0.2, 0.25) is 0 Å². The van der Waals surface area contributed by atoms with Crippen molar-refractivity contribution in [3.63, 3.8) is 0 Å². The smallest absolute Gasteiger partial charge is 0.322 e. The first-order chi connectivity index (χ1) is 13.1. The second-order valence-corrected chi connectivity index (χ2v) is 6.35. The maximum atomic E-state index is 12.8.